The fourth-order valence-corrected chi connectivity index (χ4v) is 4.01. The van der Waals surface area contributed by atoms with Crippen molar-refractivity contribution in [3.63, 3.8) is 0 Å². The quantitative estimate of drug-likeness (QED) is 0.384. The van der Waals surface area contributed by atoms with Crippen LogP contribution in [-0.2, 0) is 14.8 Å². The summed E-state index contributed by atoms with van der Waals surface area (Å²) in [5.74, 6) is 0.0467. The molecule has 3 N–H and O–H groups in total. The van der Waals surface area contributed by atoms with Crippen molar-refractivity contribution in [1.29, 1.82) is 0 Å². The van der Waals surface area contributed by atoms with Gasteiger partial charge in [0.1, 0.15) is 12.4 Å². The summed E-state index contributed by atoms with van der Waals surface area (Å²) in [6.07, 6.45) is 2.07. The Balaban J connectivity index is 1.42. The zero-order valence-corrected chi connectivity index (χ0v) is 20.0. The lowest BCUT2D eigenvalue weighted by Gasteiger charge is -2.26. The van der Waals surface area contributed by atoms with Gasteiger partial charge in [0.05, 0.1) is 37.0 Å². The van der Waals surface area contributed by atoms with Crippen LogP contribution in [0.25, 0.3) is 0 Å². The van der Waals surface area contributed by atoms with Crippen LogP contribution in [0, 0.1) is 5.82 Å². The molecule has 4 rings (SSSR count). The average Bonchev–Trinajstić information content (AvgIpc) is 2.82. The van der Waals surface area contributed by atoms with Crippen LogP contribution in [0.1, 0.15) is 0 Å². The van der Waals surface area contributed by atoms with Crippen molar-refractivity contribution in [2.75, 3.05) is 61.1 Å². The van der Waals surface area contributed by atoms with E-state index in [1.165, 1.54) is 0 Å². The first kappa shape index (κ1) is 24.6. The highest BCUT2D eigenvalue weighted by Gasteiger charge is 2.13. The number of hydrogen-bond donors (Lipinski definition) is 3. The highest BCUT2D eigenvalue weighted by molar-refractivity contribution is 7.92. The molecule has 0 aliphatic carbocycles. The van der Waals surface area contributed by atoms with E-state index in [-0.39, 0.29) is 17.5 Å². The van der Waals surface area contributed by atoms with Crippen molar-refractivity contribution in [3.05, 3.63) is 60.5 Å². The van der Waals surface area contributed by atoms with Gasteiger partial charge in [-0.05, 0) is 24.3 Å². The fourth-order valence-electron chi connectivity index (χ4n) is 3.43. The molecule has 3 aromatic rings. The van der Waals surface area contributed by atoms with Gasteiger partial charge in [0, 0.05) is 31.4 Å². The van der Waals surface area contributed by atoms with Crippen LogP contribution < -0.4 is 20.1 Å². The van der Waals surface area contributed by atoms with E-state index >= 15 is 0 Å². The number of ether oxygens (including phenoxy) is 2. The molecule has 35 heavy (non-hydrogen) atoms. The van der Waals surface area contributed by atoms with Gasteiger partial charge in [-0.2, -0.15) is 4.98 Å². The van der Waals surface area contributed by atoms with Crippen LogP contribution >= 0.6 is 0 Å². The molecular formula is C23H27FN6O4S. The van der Waals surface area contributed by atoms with Crippen molar-refractivity contribution in [2.24, 2.45) is 0 Å². The van der Waals surface area contributed by atoms with Crippen molar-refractivity contribution in [1.82, 2.24) is 14.9 Å². The number of nitrogens with zero attached hydrogens (tertiary/aromatic N) is 3. The minimum Gasteiger partial charge on any atom is -0.492 e. The SMILES string of the molecule is CS(=O)(=O)Nc1ccccc1Nc1nc(Nc2cccc(OCCN3CCOCC3)c2)ncc1F. The number of rotatable bonds is 10. The van der Waals surface area contributed by atoms with Gasteiger partial charge in [0.25, 0.3) is 0 Å². The van der Waals surface area contributed by atoms with E-state index in [4.69, 9.17) is 9.47 Å². The summed E-state index contributed by atoms with van der Waals surface area (Å²) in [5.41, 5.74) is 1.28. The fraction of sp³-hybridized carbons (Fsp3) is 0.304. The molecule has 0 saturated carbocycles. The van der Waals surface area contributed by atoms with Gasteiger partial charge in [0.2, 0.25) is 16.0 Å². The Morgan fingerprint density at radius 2 is 1.86 bits per heavy atom. The van der Waals surface area contributed by atoms with E-state index in [0.29, 0.717) is 23.7 Å². The van der Waals surface area contributed by atoms with E-state index in [9.17, 15) is 12.8 Å². The van der Waals surface area contributed by atoms with Gasteiger partial charge >= 0.3 is 0 Å². The molecule has 0 spiro atoms. The monoisotopic (exact) mass is 502 g/mol. The first-order valence-corrected chi connectivity index (χ1v) is 12.9. The van der Waals surface area contributed by atoms with Gasteiger partial charge < -0.3 is 20.1 Å². The molecule has 2 heterocycles. The highest BCUT2D eigenvalue weighted by Crippen LogP contribution is 2.27. The lowest BCUT2D eigenvalue weighted by molar-refractivity contribution is 0.0322. The summed E-state index contributed by atoms with van der Waals surface area (Å²) in [7, 11) is -3.52. The molecule has 12 heteroatoms. The summed E-state index contributed by atoms with van der Waals surface area (Å²) in [5, 5.41) is 5.87. The number of aromatic nitrogens is 2. The van der Waals surface area contributed by atoms with Crippen LogP contribution in [0.2, 0.25) is 0 Å². The molecule has 0 amide bonds. The Hall–Kier alpha value is -3.48. The molecular weight excluding hydrogens is 475 g/mol. The zero-order chi connectivity index (χ0) is 24.7. The van der Waals surface area contributed by atoms with Crippen molar-refractivity contribution in [2.45, 2.75) is 0 Å². The minimum absolute atomic E-state index is 0.108. The number of morpholine rings is 1. The number of hydrogen-bond acceptors (Lipinski definition) is 9. The summed E-state index contributed by atoms with van der Waals surface area (Å²) in [6, 6.07) is 13.9. The number of benzene rings is 2. The third-order valence-corrected chi connectivity index (χ3v) is 5.68. The number of nitrogens with one attached hydrogen (secondary N) is 3. The van der Waals surface area contributed by atoms with Crippen LogP contribution in [0.15, 0.2) is 54.7 Å². The van der Waals surface area contributed by atoms with Crippen LogP contribution in [-0.4, -0.2) is 69.0 Å². The summed E-state index contributed by atoms with van der Waals surface area (Å²) >= 11 is 0. The summed E-state index contributed by atoms with van der Waals surface area (Å²) in [4.78, 5) is 10.5. The lowest BCUT2D eigenvalue weighted by atomic mass is 10.2. The largest absolute Gasteiger partial charge is 0.492 e. The second kappa shape index (κ2) is 11.3. The lowest BCUT2D eigenvalue weighted by Crippen LogP contribution is -2.38. The Bertz CT molecular complexity index is 1250. The standard InChI is InChI=1S/C23H27FN6O4S/c1-35(31,32)29-21-8-3-2-7-20(21)27-22-19(24)16-25-23(28-22)26-17-5-4-6-18(15-17)34-14-11-30-9-12-33-13-10-30/h2-8,15-16,29H,9-14H2,1H3,(H2,25,26,27,28). The molecule has 1 aromatic heterocycles. The molecule has 1 fully saturated rings. The molecule has 1 aliphatic rings. The molecule has 10 nitrogen and oxygen atoms in total. The number of para-hydroxylation sites is 2. The topological polar surface area (TPSA) is 118 Å². The van der Waals surface area contributed by atoms with E-state index in [1.807, 2.05) is 24.3 Å². The average molecular weight is 503 g/mol. The van der Waals surface area contributed by atoms with Crippen molar-refractivity contribution < 1.29 is 22.3 Å². The number of sulfonamides is 1. The predicted molar refractivity (Wildman–Crippen MR) is 133 cm³/mol. The molecule has 2 aromatic carbocycles. The highest BCUT2D eigenvalue weighted by atomic mass is 32.2. The number of anilines is 5. The van der Waals surface area contributed by atoms with E-state index in [2.05, 4.69) is 30.2 Å². The second-order valence-corrected chi connectivity index (χ2v) is 9.64. The first-order chi connectivity index (χ1) is 16.9. The Kier molecular flexibility index (Phi) is 7.95. The van der Waals surface area contributed by atoms with Gasteiger partial charge in [-0.15, -0.1) is 0 Å². The van der Waals surface area contributed by atoms with Gasteiger partial charge in [0.15, 0.2) is 11.6 Å². The van der Waals surface area contributed by atoms with Crippen LogP contribution in [0.3, 0.4) is 0 Å². The Labute approximate surface area is 203 Å². The minimum atomic E-state index is -3.52. The summed E-state index contributed by atoms with van der Waals surface area (Å²) < 4.78 is 51.3. The number of halogens is 1. The second-order valence-electron chi connectivity index (χ2n) is 7.89. The molecule has 0 unspecified atom stereocenters. The maximum Gasteiger partial charge on any atom is 0.229 e. The third kappa shape index (κ3) is 7.50. The smallest absolute Gasteiger partial charge is 0.229 e. The zero-order valence-electron chi connectivity index (χ0n) is 19.2. The maximum absolute atomic E-state index is 14.4. The Morgan fingerprint density at radius 3 is 2.63 bits per heavy atom. The van der Waals surface area contributed by atoms with Gasteiger partial charge in [-0.25, -0.2) is 17.8 Å². The molecule has 1 saturated heterocycles. The van der Waals surface area contributed by atoms with Gasteiger partial charge in [-0.3, -0.25) is 9.62 Å². The summed E-state index contributed by atoms with van der Waals surface area (Å²) in [6.45, 7) is 4.65. The normalized spacial score (nSPS) is 14.3. The predicted octanol–water partition coefficient (Wildman–Crippen LogP) is 3.19. The Morgan fingerprint density at radius 1 is 1.09 bits per heavy atom. The maximum atomic E-state index is 14.4. The first-order valence-electron chi connectivity index (χ1n) is 11.0. The van der Waals surface area contributed by atoms with Crippen LogP contribution in [0.5, 0.6) is 5.75 Å². The van der Waals surface area contributed by atoms with E-state index < -0.39 is 15.8 Å². The molecule has 0 radical (unpaired) electrons. The molecule has 1 aliphatic heterocycles. The van der Waals surface area contributed by atoms with Crippen LogP contribution in [0.4, 0.5) is 33.2 Å². The third-order valence-electron chi connectivity index (χ3n) is 5.09. The van der Waals surface area contributed by atoms with E-state index in [1.54, 1.807) is 24.3 Å². The molecule has 0 bridgehead atoms. The molecule has 186 valence electrons. The van der Waals surface area contributed by atoms with Crippen molar-refractivity contribution in [3.8, 4) is 5.75 Å². The molecule has 0 atom stereocenters. The van der Waals surface area contributed by atoms with Crippen molar-refractivity contribution >= 4 is 38.9 Å². The van der Waals surface area contributed by atoms with E-state index in [0.717, 1.165) is 45.3 Å². The van der Waals surface area contributed by atoms with Gasteiger partial charge in [-0.1, -0.05) is 18.2 Å².